The van der Waals surface area contributed by atoms with Crippen LogP contribution in [0.5, 0.6) is 11.5 Å². The van der Waals surface area contributed by atoms with Crippen LogP contribution in [0.25, 0.3) is 0 Å². The topological polar surface area (TPSA) is 72.0 Å². The molecule has 4 rings (SSSR count). The Morgan fingerprint density at radius 2 is 1.87 bits per heavy atom. The lowest BCUT2D eigenvalue weighted by Gasteiger charge is -2.23. The molecule has 1 atom stereocenters. The first-order chi connectivity index (χ1) is 15.0. The Balaban J connectivity index is 1.62. The average Bonchev–Trinajstić information content (AvgIpc) is 3.39. The van der Waals surface area contributed by atoms with Gasteiger partial charge in [0.15, 0.2) is 16.6 Å². The molecule has 0 spiro atoms. The summed E-state index contributed by atoms with van der Waals surface area (Å²) in [4.78, 5) is 34.1. The molecule has 1 fully saturated rings. The summed E-state index contributed by atoms with van der Waals surface area (Å²) < 4.78 is 10.6. The number of rotatable bonds is 6. The van der Waals surface area contributed by atoms with Gasteiger partial charge in [-0.2, -0.15) is 0 Å². The van der Waals surface area contributed by atoms with Gasteiger partial charge in [0.05, 0.1) is 31.5 Å². The highest BCUT2D eigenvalue weighted by atomic mass is 32.1. The molecule has 0 bridgehead atoms. The summed E-state index contributed by atoms with van der Waals surface area (Å²) in [6, 6.07) is 14.7. The summed E-state index contributed by atoms with van der Waals surface area (Å²) in [5.74, 6) is 0.391. The zero-order valence-electron chi connectivity index (χ0n) is 17.6. The molecule has 1 unspecified atom stereocenters. The van der Waals surface area contributed by atoms with E-state index < -0.39 is 5.92 Å². The van der Waals surface area contributed by atoms with Gasteiger partial charge in [-0.05, 0) is 31.2 Å². The highest BCUT2D eigenvalue weighted by molar-refractivity contribution is 7.14. The lowest BCUT2D eigenvalue weighted by Crippen LogP contribution is -2.34. The van der Waals surface area contributed by atoms with Crippen molar-refractivity contribution in [3.05, 3.63) is 59.6 Å². The molecule has 160 valence electrons. The lowest BCUT2D eigenvalue weighted by atomic mass is 10.1. The number of benzene rings is 2. The molecule has 1 aliphatic heterocycles. The summed E-state index contributed by atoms with van der Waals surface area (Å²) in [6.07, 6.45) is 0.140. The molecule has 3 aromatic rings. The van der Waals surface area contributed by atoms with Crippen molar-refractivity contribution in [3.8, 4) is 11.5 Å². The molecule has 2 amide bonds. The van der Waals surface area contributed by atoms with Gasteiger partial charge in [0, 0.05) is 30.1 Å². The van der Waals surface area contributed by atoms with Crippen molar-refractivity contribution in [3.63, 3.8) is 0 Å². The Morgan fingerprint density at radius 1 is 1.13 bits per heavy atom. The van der Waals surface area contributed by atoms with Gasteiger partial charge in [-0.3, -0.25) is 14.5 Å². The number of nitrogens with zero attached hydrogens (tertiary/aromatic N) is 3. The van der Waals surface area contributed by atoms with Crippen LogP contribution in [0.1, 0.15) is 12.1 Å². The van der Waals surface area contributed by atoms with Gasteiger partial charge in [0.25, 0.3) is 0 Å². The minimum atomic E-state index is -0.481. The molecule has 8 heteroatoms. The van der Waals surface area contributed by atoms with Crippen molar-refractivity contribution in [2.45, 2.75) is 13.3 Å². The summed E-state index contributed by atoms with van der Waals surface area (Å²) >= 11 is 1.41. The maximum Gasteiger partial charge on any atom is 0.238 e. The number of methoxy groups -OCH3 is 2. The number of aromatic nitrogens is 1. The summed E-state index contributed by atoms with van der Waals surface area (Å²) in [5, 5.41) is 2.51. The van der Waals surface area contributed by atoms with E-state index in [2.05, 4.69) is 4.98 Å². The van der Waals surface area contributed by atoms with Gasteiger partial charge in [-0.15, -0.1) is 11.3 Å². The summed E-state index contributed by atoms with van der Waals surface area (Å²) in [7, 11) is 3.11. The molecule has 1 aliphatic rings. The van der Waals surface area contributed by atoms with E-state index in [0.29, 0.717) is 28.9 Å². The number of anilines is 3. The number of thiazole rings is 1. The van der Waals surface area contributed by atoms with E-state index in [1.165, 1.54) is 11.3 Å². The molecule has 0 radical (unpaired) electrons. The normalized spacial score (nSPS) is 15.8. The number of hydrogen-bond acceptors (Lipinski definition) is 6. The van der Waals surface area contributed by atoms with Crippen LogP contribution < -0.4 is 19.3 Å². The smallest absolute Gasteiger partial charge is 0.238 e. The van der Waals surface area contributed by atoms with E-state index in [1.54, 1.807) is 42.2 Å². The van der Waals surface area contributed by atoms with Gasteiger partial charge in [0.2, 0.25) is 11.8 Å². The highest BCUT2D eigenvalue weighted by Gasteiger charge is 2.39. The largest absolute Gasteiger partial charge is 0.493 e. The number of aryl methyl sites for hydroxylation is 1. The highest BCUT2D eigenvalue weighted by Crippen LogP contribution is 2.36. The molecule has 0 N–H and O–H groups in total. The van der Waals surface area contributed by atoms with Crippen LogP contribution >= 0.6 is 11.3 Å². The maximum absolute atomic E-state index is 13.6. The van der Waals surface area contributed by atoms with Crippen molar-refractivity contribution in [2.75, 3.05) is 30.6 Å². The van der Waals surface area contributed by atoms with Crippen LogP contribution in [0.15, 0.2) is 53.9 Å². The fraction of sp³-hybridized carbons (Fsp3) is 0.261. The fourth-order valence-electron chi connectivity index (χ4n) is 3.65. The number of carbonyl (C=O) groups excluding carboxylic acids is 2. The SMILES string of the molecule is COc1ccc(N2CC(C(=O)N(c3ccccc3)c3nc(C)cs3)CC2=O)cc1OC. The number of para-hydroxylation sites is 1. The minimum Gasteiger partial charge on any atom is -0.493 e. The molecule has 1 saturated heterocycles. The molecule has 1 aromatic heterocycles. The molecule has 31 heavy (non-hydrogen) atoms. The minimum absolute atomic E-state index is 0.103. The molecule has 2 heterocycles. The van der Waals surface area contributed by atoms with Gasteiger partial charge in [-0.25, -0.2) is 4.98 Å². The van der Waals surface area contributed by atoms with Crippen LogP contribution in [-0.2, 0) is 9.59 Å². The number of carbonyl (C=O) groups is 2. The van der Waals surface area contributed by atoms with Crippen LogP contribution in [0, 0.1) is 12.8 Å². The van der Waals surface area contributed by atoms with E-state index >= 15 is 0 Å². The third-order valence-electron chi connectivity index (χ3n) is 5.19. The maximum atomic E-state index is 13.6. The van der Waals surface area contributed by atoms with Crippen molar-refractivity contribution < 1.29 is 19.1 Å². The van der Waals surface area contributed by atoms with Gasteiger partial charge in [0.1, 0.15) is 0 Å². The lowest BCUT2D eigenvalue weighted by molar-refractivity contribution is -0.123. The quantitative estimate of drug-likeness (QED) is 0.578. The van der Waals surface area contributed by atoms with Crippen LogP contribution in [0.3, 0.4) is 0 Å². The van der Waals surface area contributed by atoms with Crippen molar-refractivity contribution in [2.24, 2.45) is 5.92 Å². The number of amides is 2. The van der Waals surface area contributed by atoms with Crippen molar-refractivity contribution in [1.82, 2.24) is 4.98 Å². The third-order valence-corrected chi connectivity index (χ3v) is 6.13. The summed E-state index contributed by atoms with van der Waals surface area (Å²) in [5.41, 5.74) is 2.26. The second kappa shape index (κ2) is 8.77. The van der Waals surface area contributed by atoms with Gasteiger partial charge < -0.3 is 14.4 Å². The Bertz CT molecular complexity index is 1100. The molecule has 2 aromatic carbocycles. The Labute approximate surface area is 184 Å². The standard InChI is InChI=1S/C23H23N3O4S/c1-15-14-31-23(24-15)26(17-7-5-4-6-8-17)22(28)16-11-21(27)25(13-16)18-9-10-19(29-2)20(12-18)30-3/h4-10,12,14,16H,11,13H2,1-3H3. The van der Waals surface area contributed by atoms with Crippen molar-refractivity contribution >= 4 is 39.7 Å². The first kappa shape index (κ1) is 20.9. The van der Waals surface area contributed by atoms with E-state index in [9.17, 15) is 9.59 Å². The Hall–Kier alpha value is -3.39. The second-order valence-electron chi connectivity index (χ2n) is 7.23. The molecular formula is C23H23N3O4S. The predicted molar refractivity (Wildman–Crippen MR) is 120 cm³/mol. The first-order valence-corrected chi connectivity index (χ1v) is 10.7. The Morgan fingerprint density at radius 3 is 2.52 bits per heavy atom. The number of ether oxygens (including phenoxy) is 2. The van der Waals surface area contributed by atoms with Crippen molar-refractivity contribution in [1.29, 1.82) is 0 Å². The van der Waals surface area contributed by atoms with Crippen LogP contribution in [0.2, 0.25) is 0 Å². The molecule has 0 aliphatic carbocycles. The fourth-order valence-corrected chi connectivity index (χ4v) is 4.48. The molecule has 0 saturated carbocycles. The Kier molecular flexibility index (Phi) is 5.90. The average molecular weight is 438 g/mol. The van der Waals surface area contributed by atoms with E-state index in [0.717, 1.165) is 11.4 Å². The van der Waals surface area contributed by atoms with Crippen LogP contribution in [-0.4, -0.2) is 37.6 Å². The van der Waals surface area contributed by atoms with E-state index in [-0.39, 0.29) is 18.2 Å². The predicted octanol–water partition coefficient (Wildman–Crippen LogP) is 4.19. The molecule has 7 nitrogen and oxygen atoms in total. The van der Waals surface area contributed by atoms with Crippen LogP contribution in [0.4, 0.5) is 16.5 Å². The summed E-state index contributed by atoms with van der Waals surface area (Å²) in [6.45, 7) is 2.19. The van der Waals surface area contributed by atoms with Gasteiger partial charge in [-0.1, -0.05) is 18.2 Å². The monoisotopic (exact) mass is 437 g/mol. The second-order valence-corrected chi connectivity index (χ2v) is 8.06. The molecular weight excluding hydrogens is 414 g/mol. The van der Waals surface area contributed by atoms with E-state index in [4.69, 9.17) is 9.47 Å². The first-order valence-electron chi connectivity index (χ1n) is 9.85. The van der Waals surface area contributed by atoms with E-state index in [1.807, 2.05) is 42.6 Å². The zero-order chi connectivity index (χ0) is 22.0. The number of hydrogen-bond donors (Lipinski definition) is 0. The van der Waals surface area contributed by atoms with Gasteiger partial charge >= 0.3 is 0 Å². The third kappa shape index (κ3) is 4.11. The zero-order valence-corrected chi connectivity index (χ0v) is 18.4.